The second kappa shape index (κ2) is 15.7. The molecular weight excluding hydrogens is 774 g/mol. The number of benzene rings is 4. The van der Waals surface area contributed by atoms with Crippen molar-refractivity contribution in [2.24, 2.45) is 0 Å². The number of halogens is 4. The first-order valence-electron chi connectivity index (χ1n) is 16.6. The molecule has 0 aromatic heterocycles. The van der Waals surface area contributed by atoms with E-state index in [2.05, 4.69) is 133 Å². The zero-order chi connectivity index (χ0) is 34.4. The monoisotopic (exact) mass is 812 g/mol. The Morgan fingerprint density at radius 2 is 1.32 bits per heavy atom. The molecule has 0 N–H and O–H groups in total. The molecule has 0 heterocycles. The van der Waals surface area contributed by atoms with Crippen molar-refractivity contribution < 1.29 is 49.0 Å². The summed E-state index contributed by atoms with van der Waals surface area (Å²) in [6, 6.07) is 33.9. The first-order valence-corrected chi connectivity index (χ1v) is 18.6. The Bertz CT molecular complexity index is 1950. The van der Waals surface area contributed by atoms with Gasteiger partial charge < -0.3 is 24.8 Å². The van der Waals surface area contributed by atoms with E-state index < -0.39 is 0 Å². The molecule has 0 nitrogen and oxygen atoms in total. The molecule has 0 spiro atoms. The molecule has 5 aromatic carbocycles. The van der Waals surface area contributed by atoms with Gasteiger partial charge in [0.1, 0.15) is 0 Å². The van der Waals surface area contributed by atoms with Crippen molar-refractivity contribution in [2.45, 2.75) is 71.1 Å². The quantitative estimate of drug-likeness (QED) is 0.176. The third-order valence-electron chi connectivity index (χ3n) is 9.61. The summed E-state index contributed by atoms with van der Waals surface area (Å²) in [6.45, 7) is 15.8. The second-order valence-electron chi connectivity index (χ2n) is 15.2. The van der Waals surface area contributed by atoms with Gasteiger partial charge in [0.05, 0.1) is 0 Å². The maximum atomic E-state index is 5.98. The topological polar surface area (TPSA) is 0 Å². The SMILES string of the molecule is CC(C)(C)c1cc[cH-]c1.CC1(C)[C-]=Cc2cc3c(cc21)Cc1cc2c(cc1-3)C=CC2(C)C.Clc1cccc([C](=[Zr+2])c2cccc(Cl)c2)c1.[Cl-].[Cl-]. The van der Waals surface area contributed by atoms with Gasteiger partial charge in [-0.05, 0) is 45.9 Å². The Labute approximate surface area is 336 Å². The maximum Gasteiger partial charge on any atom is -1.00 e. The van der Waals surface area contributed by atoms with Crippen LogP contribution >= 0.6 is 23.2 Å². The summed E-state index contributed by atoms with van der Waals surface area (Å²) >= 11 is 13.3. The zero-order valence-corrected chi connectivity index (χ0v) is 35.2. The van der Waals surface area contributed by atoms with Crippen molar-refractivity contribution in [2.75, 3.05) is 0 Å². The van der Waals surface area contributed by atoms with E-state index in [-0.39, 0.29) is 35.6 Å². The summed E-state index contributed by atoms with van der Waals surface area (Å²) in [6.07, 6.45) is 11.4. The van der Waals surface area contributed by atoms with Crippen LogP contribution in [0.2, 0.25) is 10.0 Å². The van der Waals surface area contributed by atoms with Gasteiger partial charge in [0.2, 0.25) is 0 Å². The van der Waals surface area contributed by atoms with Crippen molar-refractivity contribution in [3.63, 3.8) is 0 Å². The van der Waals surface area contributed by atoms with E-state index in [0.29, 0.717) is 5.41 Å². The van der Waals surface area contributed by atoms with Gasteiger partial charge in [-0.25, -0.2) is 12.1 Å². The van der Waals surface area contributed by atoms with E-state index in [4.69, 9.17) is 23.2 Å². The first-order chi connectivity index (χ1) is 22.6. The number of rotatable bonds is 2. The molecular formula is C45H42Cl4Zr-2. The predicted octanol–water partition coefficient (Wildman–Crippen LogP) is 6.49. The molecule has 0 saturated carbocycles. The number of allylic oxidation sites excluding steroid dienone is 2. The molecule has 50 heavy (non-hydrogen) atoms. The predicted molar refractivity (Wildman–Crippen MR) is 204 cm³/mol. The molecule has 3 aliphatic rings. The summed E-state index contributed by atoms with van der Waals surface area (Å²) in [5.74, 6) is 0. The van der Waals surface area contributed by atoms with Gasteiger partial charge >= 0.3 is 120 Å². The molecule has 0 fully saturated rings. The van der Waals surface area contributed by atoms with Gasteiger partial charge in [0.15, 0.2) is 0 Å². The first kappa shape index (κ1) is 40.4. The average molecular weight is 816 g/mol. The normalized spacial score (nSPS) is 14.8. The zero-order valence-electron chi connectivity index (χ0n) is 29.7. The Kier molecular flexibility index (Phi) is 12.7. The van der Waals surface area contributed by atoms with Gasteiger partial charge in [0, 0.05) is 5.41 Å². The smallest absolute Gasteiger partial charge is 1.00 e. The van der Waals surface area contributed by atoms with Crippen LogP contribution in [0.1, 0.15) is 98.5 Å². The minimum Gasteiger partial charge on any atom is -1.00 e. The molecule has 5 heteroatoms. The molecule has 3 aliphatic carbocycles. The molecule has 0 amide bonds. The number of hydrogen-bond acceptors (Lipinski definition) is 0. The molecule has 256 valence electrons. The summed E-state index contributed by atoms with van der Waals surface area (Å²) in [4.78, 5) is 0. The maximum absolute atomic E-state index is 5.98. The van der Waals surface area contributed by atoms with Crippen molar-refractivity contribution in [3.8, 4) is 11.1 Å². The fraction of sp³-hybridized carbons (Fsp3) is 0.244. The molecule has 0 unspecified atom stereocenters. The third kappa shape index (κ3) is 8.63. The van der Waals surface area contributed by atoms with Crippen LogP contribution < -0.4 is 24.8 Å². The van der Waals surface area contributed by atoms with E-state index in [1.54, 1.807) is 0 Å². The van der Waals surface area contributed by atoms with Crippen molar-refractivity contribution >= 4 is 38.6 Å². The van der Waals surface area contributed by atoms with Crippen LogP contribution in [0.5, 0.6) is 0 Å². The van der Waals surface area contributed by atoms with Crippen LogP contribution in [0, 0.1) is 6.08 Å². The molecule has 5 aromatic rings. The summed E-state index contributed by atoms with van der Waals surface area (Å²) < 4.78 is 1.26. The van der Waals surface area contributed by atoms with Crippen molar-refractivity contribution in [1.29, 1.82) is 0 Å². The van der Waals surface area contributed by atoms with Gasteiger partial charge in [0.25, 0.3) is 0 Å². The Hall–Kier alpha value is -2.38. The second-order valence-corrected chi connectivity index (χ2v) is 17.3. The van der Waals surface area contributed by atoms with Crippen molar-refractivity contribution in [1.82, 2.24) is 0 Å². The Morgan fingerprint density at radius 1 is 0.760 bits per heavy atom. The summed E-state index contributed by atoms with van der Waals surface area (Å²) in [5, 5.41) is 1.53. The molecule has 0 bridgehead atoms. The Balaban J connectivity index is 0.000000182. The van der Waals surface area contributed by atoms with Gasteiger partial charge in [-0.15, -0.1) is 11.6 Å². The minimum atomic E-state index is 0. The van der Waals surface area contributed by atoms with Crippen LogP contribution in [0.15, 0.2) is 103 Å². The fourth-order valence-electron chi connectivity index (χ4n) is 6.73. The van der Waals surface area contributed by atoms with Gasteiger partial charge in [-0.1, -0.05) is 83.6 Å². The van der Waals surface area contributed by atoms with E-state index in [1.807, 2.05) is 36.4 Å². The largest absolute Gasteiger partial charge is 1.00 e. The molecule has 0 saturated heterocycles. The van der Waals surface area contributed by atoms with Crippen LogP contribution in [-0.2, 0) is 46.9 Å². The summed E-state index contributed by atoms with van der Waals surface area (Å²) in [7, 11) is 0. The standard InChI is InChI=1S/C23H21.C13H8Cl2.C9H13.2ClH.Zr/c1-22(2)7-5-14-10-18-16(12-20(14)22)9-17-13-21-15(11-19(17)18)6-8-23(21,3)4;14-12-5-1-3-10(8-12)7-11-4-2-6-13(15)9-11;1-9(2,3)8-6-4-5-7-8;;;/h5-7,10-13H,9H2,1-4H3;1-6,8-9H;4-7H,1-3H3;2*1H;/q-1;;-1;;;+2/p-2. The van der Waals surface area contributed by atoms with E-state index in [0.717, 1.165) is 27.6 Å². The van der Waals surface area contributed by atoms with E-state index in [9.17, 15) is 0 Å². The third-order valence-corrected chi connectivity index (χ3v) is 11.5. The van der Waals surface area contributed by atoms with Crippen LogP contribution in [-0.4, -0.2) is 3.21 Å². The molecule has 0 radical (unpaired) electrons. The van der Waals surface area contributed by atoms with E-state index in [1.165, 1.54) is 77.5 Å². The number of hydrogen-bond donors (Lipinski definition) is 0. The van der Waals surface area contributed by atoms with Crippen LogP contribution in [0.3, 0.4) is 0 Å². The molecule has 0 atom stereocenters. The fourth-order valence-corrected chi connectivity index (χ4v) is 7.88. The average Bonchev–Trinajstić information content (AvgIpc) is 3.82. The van der Waals surface area contributed by atoms with Crippen molar-refractivity contribution in [3.05, 3.63) is 169 Å². The van der Waals surface area contributed by atoms with E-state index >= 15 is 0 Å². The van der Waals surface area contributed by atoms with Gasteiger partial charge in [-0.2, -0.15) is 29.3 Å². The Morgan fingerprint density at radius 3 is 1.82 bits per heavy atom. The number of fused-ring (bicyclic) bond motifs is 5. The van der Waals surface area contributed by atoms with Crippen LogP contribution in [0.4, 0.5) is 0 Å². The summed E-state index contributed by atoms with van der Waals surface area (Å²) in [5.41, 5.74) is 15.8. The minimum absolute atomic E-state index is 0. The van der Waals surface area contributed by atoms with Gasteiger partial charge in [-0.3, -0.25) is 6.08 Å². The molecule has 8 rings (SSSR count). The molecule has 0 aliphatic heterocycles. The van der Waals surface area contributed by atoms with Crippen LogP contribution in [0.25, 0.3) is 23.3 Å².